The van der Waals surface area contributed by atoms with Crippen LogP contribution in [0.1, 0.15) is 56.7 Å². The van der Waals surface area contributed by atoms with Crippen molar-refractivity contribution >= 4 is 11.8 Å². The molecule has 25 heavy (non-hydrogen) atoms. The summed E-state index contributed by atoms with van der Waals surface area (Å²) in [5.74, 6) is 0.321. The molecule has 0 unspecified atom stereocenters. The van der Waals surface area contributed by atoms with E-state index in [4.69, 9.17) is 10.5 Å². The van der Waals surface area contributed by atoms with Crippen LogP contribution in [-0.2, 0) is 10.9 Å². The number of hydrogen-bond donors (Lipinski definition) is 1. The molecular weight excluding hydrogens is 333 g/mol. The number of carbonyl (C=O) groups is 1. The standard InChI is InChI=1S/C18H23F3N2O2/c1-10(2)25-17(24)23-15-7-6-12(18(19,20)21)8-13(15)14(22)9-16(23)11-4-3-5-11/h6-8,10-11,14,16H,3-5,9,22H2,1-2H3/t14-,16-/m0/s1. The summed E-state index contributed by atoms with van der Waals surface area (Å²) < 4.78 is 44.5. The molecule has 1 aliphatic heterocycles. The third-order valence-electron chi connectivity index (χ3n) is 5.07. The van der Waals surface area contributed by atoms with E-state index >= 15 is 0 Å². The van der Waals surface area contributed by atoms with Crippen LogP contribution in [0.5, 0.6) is 0 Å². The largest absolute Gasteiger partial charge is 0.446 e. The average molecular weight is 356 g/mol. The van der Waals surface area contributed by atoms with Crippen molar-refractivity contribution in [2.75, 3.05) is 4.90 Å². The highest BCUT2D eigenvalue weighted by Crippen LogP contribution is 2.45. The molecule has 1 aromatic rings. The zero-order chi connectivity index (χ0) is 18.4. The maximum absolute atomic E-state index is 13.0. The zero-order valence-electron chi connectivity index (χ0n) is 14.3. The molecule has 2 atom stereocenters. The summed E-state index contributed by atoms with van der Waals surface area (Å²) in [5, 5.41) is 0. The SMILES string of the molecule is CC(C)OC(=O)N1c2ccc(C(F)(F)F)cc2[C@@H](N)C[C@H]1C1CCC1. The first-order valence-corrected chi connectivity index (χ1v) is 8.65. The Morgan fingerprint density at radius 2 is 2.00 bits per heavy atom. The molecule has 0 spiro atoms. The minimum Gasteiger partial charge on any atom is -0.446 e. The Balaban J connectivity index is 2.02. The average Bonchev–Trinajstić information content (AvgIpc) is 2.43. The van der Waals surface area contributed by atoms with Crippen molar-refractivity contribution in [2.45, 2.75) is 63.9 Å². The van der Waals surface area contributed by atoms with Gasteiger partial charge in [0.15, 0.2) is 0 Å². The molecule has 0 radical (unpaired) electrons. The van der Waals surface area contributed by atoms with E-state index in [1.54, 1.807) is 13.8 Å². The first-order chi connectivity index (χ1) is 11.7. The molecule has 1 aromatic carbocycles. The van der Waals surface area contributed by atoms with Crippen LogP contribution in [-0.4, -0.2) is 18.2 Å². The Morgan fingerprint density at radius 1 is 1.32 bits per heavy atom. The van der Waals surface area contributed by atoms with E-state index < -0.39 is 23.9 Å². The number of ether oxygens (including phenoxy) is 1. The molecule has 0 aromatic heterocycles. The number of nitrogens with zero attached hydrogens (tertiary/aromatic N) is 1. The van der Waals surface area contributed by atoms with Gasteiger partial charge in [0.25, 0.3) is 0 Å². The molecule has 7 heteroatoms. The minimum absolute atomic E-state index is 0.126. The van der Waals surface area contributed by atoms with Crippen molar-refractivity contribution in [1.29, 1.82) is 0 Å². The monoisotopic (exact) mass is 356 g/mol. The second-order valence-corrected chi connectivity index (χ2v) is 7.17. The van der Waals surface area contributed by atoms with Gasteiger partial charge in [0, 0.05) is 12.1 Å². The number of nitrogens with two attached hydrogens (primary N) is 1. The van der Waals surface area contributed by atoms with E-state index in [2.05, 4.69) is 0 Å². The second kappa shape index (κ2) is 6.52. The predicted molar refractivity (Wildman–Crippen MR) is 88.2 cm³/mol. The first-order valence-electron chi connectivity index (χ1n) is 8.65. The molecular formula is C18H23F3N2O2. The van der Waals surface area contributed by atoms with E-state index in [1.807, 2.05) is 0 Å². The van der Waals surface area contributed by atoms with Crippen LogP contribution in [0, 0.1) is 5.92 Å². The van der Waals surface area contributed by atoms with E-state index in [1.165, 1.54) is 11.0 Å². The molecule has 4 nitrogen and oxygen atoms in total. The van der Waals surface area contributed by atoms with Crippen LogP contribution in [0.3, 0.4) is 0 Å². The number of amides is 1. The molecule has 3 rings (SSSR count). The predicted octanol–water partition coefficient (Wildman–Crippen LogP) is 4.63. The Kier molecular flexibility index (Phi) is 4.70. The van der Waals surface area contributed by atoms with Gasteiger partial charge >= 0.3 is 12.3 Å². The van der Waals surface area contributed by atoms with Crippen LogP contribution < -0.4 is 10.6 Å². The van der Waals surface area contributed by atoms with Gasteiger partial charge in [-0.3, -0.25) is 4.90 Å². The van der Waals surface area contributed by atoms with Crippen molar-refractivity contribution in [3.8, 4) is 0 Å². The summed E-state index contributed by atoms with van der Waals surface area (Å²) in [6, 6.07) is 2.77. The third-order valence-corrected chi connectivity index (χ3v) is 5.07. The van der Waals surface area contributed by atoms with Crippen LogP contribution in [0.15, 0.2) is 18.2 Å². The molecule has 2 aliphatic rings. The number of hydrogen-bond acceptors (Lipinski definition) is 3. The van der Waals surface area contributed by atoms with Gasteiger partial charge in [-0.05, 0) is 62.8 Å². The zero-order valence-corrected chi connectivity index (χ0v) is 14.3. The van der Waals surface area contributed by atoms with Crippen LogP contribution >= 0.6 is 0 Å². The molecule has 1 amide bonds. The van der Waals surface area contributed by atoms with Gasteiger partial charge in [-0.1, -0.05) is 6.42 Å². The lowest BCUT2D eigenvalue weighted by molar-refractivity contribution is -0.137. The van der Waals surface area contributed by atoms with Gasteiger partial charge in [-0.2, -0.15) is 13.2 Å². The quantitative estimate of drug-likeness (QED) is 0.841. The number of fused-ring (bicyclic) bond motifs is 1. The maximum Gasteiger partial charge on any atom is 0.416 e. The summed E-state index contributed by atoms with van der Waals surface area (Å²) in [6.07, 6.45) is -1.71. The van der Waals surface area contributed by atoms with Crippen LogP contribution in [0.2, 0.25) is 0 Å². The Hall–Kier alpha value is -1.76. The summed E-state index contributed by atoms with van der Waals surface area (Å²) in [6.45, 7) is 3.50. The smallest absolute Gasteiger partial charge is 0.416 e. The summed E-state index contributed by atoms with van der Waals surface area (Å²) in [5.41, 5.74) is 6.23. The molecule has 1 saturated carbocycles. The second-order valence-electron chi connectivity index (χ2n) is 7.17. The van der Waals surface area contributed by atoms with Crippen molar-refractivity contribution in [3.05, 3.63) is 29.3 Å². The lowest BCUT2D eigenvalue weighted by atomic mass is 9.74. The topological polar surface area (TPSA) is 55.6 Å². The van der Waals surface area contributed by atoms with Crippen molar-refractivity contribution < 1.29 is 22.7 Å². The highest BCUT2D eigenvalue weighted by atomic mass is 19.4. The first kappa shape index (κ1) is 18.0. The van der Waals surface area contributed by atoms with Gasteiger partial charge in [0.05, 0.1) is 17.4 Å². The molecule has 1 fully saturated rings. The van der Waals surface area contributed by atoms with Gasteiger partial charge in [-0.25, -0.2) is 4.79 Å². The minimum atomic E-state index is -4.44. The summed E-state index contributed by atoms with van der Waals surface area (Å²) >= 11 is 0. The third kappa shape index (κ3) is 3.47. The van der Waals surface area contributed by atoms with Gasteiger partial charge in [0.2, 0.25) is 0 Å². The number of anilines is 1. The Morgan fingerprint density at radius 3 is 2.52 bits per heavy atom. The molecule has 1 heterocycles. The van der Waals surface area contributed by atoms with Crippen LogP contribution in [0.25, 0.3) is 0 Å². The lowest BCUT2D eigenvalue weighted by Crippen LogP contribution is -2.51. The Labute approximate surface area is 145 Å². The summed E-state index contributed by atoms with van der Waals surface area (Å²) in [7, 11) is 0. The Bertz CT molecular complexity index is 656. The number of benzene rings is 1. The number of halogens is 3. The maximum atomic E-state index is 13.0. The van der Waals surface area contributed by atoms with Crippen molar-refractivity contribution in [1.82, 2.24) is 0 Å². The van der Waals surface area contributed by atoms with Crippen LogP contribution in [0.4, 0.5) is 23.7 Å². The fourth-order valence-corrected chi connectivity index (χ4v) is 3.64. The van der Waals surface area contributed by atoms with Crippen molar-refractivity contribution in [3.63, 3.8) is 0 Å². The fraction of sp³-hybridized carbons (Fsp3) is 0.611. The lowest BCUT2D eigenvalue weighted by Gasteiger charge is -2.46. The molecule has 2 N–H and O–H groups in total. The highest BCUT2D eigenvalue weighted by molar-refractivity contribution is 5.90. The van der Waals surface area contributed by atoms with E-state index in [-0.39, 0.29) is 12.1 Å². The van der Waals surface area contributed by atoms with Gasteiger partial charge in [-0.15, -0.1) is 0 Å². The molecule has 0 bridgehead atoms. The normalized spacial score (nSPS) is 24.0. The molecule has 1 aliphatic carbocycles. The van der Waals surface area contributed by atoms with Gasteiger partial charge < -0.3 is 10.5 Å². The van der Waals surface area contributed by atoms with Gasteiger partial charge in [0.1, 0.15) is 0 Å². The fourth-order valence-electron chi connectivity index (χ4n) is 3.64. The number of alkyl halides is 3. The number of rotatable bonds is 2. The number of carbonyl (C=O) groups excluding carboxylic acids is 1. The molecule has 138 valence electrons. The van der Waals surface area contributed by atoms with E-state index in [0.29, 0.717) is 23.6 Å². The van der Waals surface area contributed by atoms with Crippen molar-refractivity contribution in [2.24, 2.45) is 11.7 Å². The highest BCUT2D eigenvalue weighted by Gasteiger charge is 2.43. The van der Waals surface area contributed by atoms with E-state index in [9.17, 15) is 18.0 Å². The van der Waals surface area contributed by atoms with E-state index in [0.717, 1.165) is 31.4 Å². The summed E-state index contributed by atoms with van der Waals surface area (Å²) in [4.78, 5) is 14.2. The molecule has 0 saturated heterocycles.